The van der Waals surface area contributed by atoms with E-state index < -0.39 is 12.0 Å². The first-order chi connectivity index (χ1) is 9.29. The Morgan fingerprint density at radius 2 is 2.05 bits per heavy atom. The zero-order valence-corrected chi connectivity index (χ0v) is 12.8. The first kappa shape index (κ1) is 16.8. The average molecular weight is 285 g/mol. The normalized spacial score (nSPS) is 25.2. The van der Waals surface area contributed by atoms with Gasteiger partial charge in [-0.2, -0.15) is 0 Å². The lowest BCUT2D eigenvalue weighted by Gasteiger charge is -2.35. The van der Waals surface area contributed by atoms with Gasteiger partial charge >= 0.3 is 12.0 Å². The molecule has 0 radical (unpaired) electrons. The number of hydrogen-bond acceptors (Lipinski definition) is 3. The summed E-state index contributed by atoms with van der Waals surface area (Å²) in [5.41, 5.74) is 0. The molecule has 6 heteroatoms. The van der Waals surface area contributed by atoms with E-state index in [4.69, 9.17) is 5.11 Å². The fourth-order valence-electron chi connectivity index (χ4n) is 2.63. The maximum atomic E-state index is 11.9. The zero-order valence-electron chi connectivity index (χ0n) is 12.8. The van der Waals surface area contributed by atoms with Gasteiger partial charge < -0.3 is 20.6 Å². The van der Waals surface area contributed by atoms with E-state index in [0.717, 1.165) is 19.5 Å². The minimum Gasteiger partial charge on any atom is -0.480 e. The SMILES string of the molecule is CC(C)CC(NC(=O)NC1CCN(C)CC1C)C(=O)O. The van der Waals surface area contributed by atoms with Crippen molar-refractivity contribution >= 4 is 12.0 Å². The smallest absolute Gasteiger partial charge is 0.326 e. The summed E-state index contributed by atoms with van der Waals surface area (Å²) >= 11 is 0. The molecule has 3 unspecified atom stereocenters. The Morgan fingerprint density at radius 1 is 1.40 bits per heavy atom. The molecule has 0 aromatic carbocycles. The lowest BCUT2D eigenvalue weighted by atomic mass is 9.94. The molecule has 1 rings (SSSR count). The number of nitrogens with zero attached hydrogens (tertiary/aromatic N) is 1. The van der Waals surface area contributed by atoms with Crippen LogP contribution in [0.3, 0.4) is 0 Å². The maximum Gasteiger partial charge on any atom is 0.326 e. The number of piperidine rings is 1. The molecule has 1 heterocycles. The Bertz CT molecular complexity index is 347. The van der Waals surface area contributed by atoms with E-state index in [1.807, 2.05) is 13.8 Å². The summed E-state index contributed by atoms with van der Waals surface area (Å²) in [4.78, 5) is 25.3. The van der Waals surface area contributed by atoms with Crippen LogP contribution in [0.15, 0.2) is 0 Å². The molecule has 3 atom stereocenters. The minimum atomic E-state index is -0.981. The molecule has 0 aromatic rings. The van der Waals surface area contributed by atoms with Gasteiger partial charge in [-0.3, -0.25) is 0 Å². The Morgan fingerprint density at radius 3 is 2.55 bits per heavy atom. The Kier molecular flexibility index (Phi) is 6.26. The van der Waals surface area contributed by atoms with Crippen molar-refractivity contribution in [2.75, 3.05) is 20.1 Å². The number of hydrogen-bond donors (Lipinski definition) is 3. The molecule has 0 aliphatic carbocycles. The van der Waals surface area contributed by atoms with Crippen LogP contribution in [0.2, 0.25) is 0 Å². The molecular formula is C14H27N3O3. The molecule has 6 nitrogen and oxygen atoms in total. The number of carboxylic acids is 1. The second-order valence-corrected chi connectivity index (χ2v) is 6.27. The molecule has 1 fully saturated rings. The topological polar surface area (TPSA) is 81.7 Å². The van der Waals surface area contributed by atoms with Crippen LogP contribution in [0.1, 0.15) is 33.6 Å². The minimum absolute atomic E-state index is 0.111. The number of carbonyl (C=O) groups excluding carboxylic acids is 1. The molecule has 20 heavy (non-hydrogen) atoms. The predicted octanol–water partition coefficient (Wildman–Crippen LogP) is 1.13. The fourth-order valence-corrected chi connectivity index (χ4v) is 2.63. The van der Waals surface area contributed by atoms with Gasteiger partial charge in [0.15, 0.2) is 0 Å². The van der Waals surface area contributed by atoms with E-state index in [-0.39, 0.29) is 18.0 Å². The lowest BCUT2D eigenvalue weighted by molar-refractivity contribution is -0.139. The third kappa shape index (κ3) is 5.36. The molecule has 116 valence electrons. The van der Waals surface area contributed by atoms with E-state index in [9.17, 15) is 9.59 Å². The van der Waals surface area contributed by atoms with Crippen molar-refractivity contribution < 1.29 is 14.7 Å². The molecule has 0 bridgehead atoms. The van der Waals surface area contributed by atoms with Crippen LogP contribution in [0.4, 0.5) is 4.79 Å². The number of urea groups is 1. The second-order valence-electron chi connectivity index (χ2n) is 6.27. The number of likely N-dealkylation sites (tertiary alicyclic amines) is 1. The van der Waals surface area contributed by atoms with E-state index in [1.165, 1.54) is 0 Å². The molecular weight excluding hydrogens is 258 g/mol. The van der Waals surface area contributed by atoms with Crippen LogP contribution in [-0.2, 0) is 4.79 Å². The first-order valence-corrected chi connectivity index (χ1v) is 7.28. The number of carboxylic acid groups (broad SMARTS) is 1. The van der Waals surface area contributed by atoms with Gasteiger partial charge in [-0.25, -0.2) is 9.59 Å². The number of aliphatic carboxylic acids is 1. The van der Waals surface area contributed by atoms with Gasteiger partial charge in [-0.1, -0.05) is 20.8 Å². The van der Waals surface area contributed by atoms with E-state index >= 15 is 0 Å². The standard InChI is InChI=1S/C14H27N3O3/c1-9(2)7-12(13(18)19)16-14(20)15-11-5-6-17(4)8-10(11)3/h9-12H,5-8H2,1-4H3,(H,18,19)(H2,15,16,20). The Hall–Kier alpha value is -1.30. The molecule has 0 aromatic heterocycles. The summed E-state index contributed by atoms with van der Waals surface area (Å²) in [5.74, 6) is -0.392. The molecule has 1 saturated heterocycles. The van der Waals surface area contributed by atoms with Crippen molar-refractivity contribution in [2.24, 2.45) is 11.8 Å². The third-order valence-electron chi connectivity index (χ3n) is 3.74. The first-order valence-electron chi connectivity index (χ1n) is 7.28. The zero-order chi connectivity index (χ0) is 15.3. The maximum absolute atomic E-state index is 11.9. The van der Waals surface area contributed by atoms with E-state index in [0.29, 0.717) is 12.3 Å². The summed E-state index contributed by atoms with van der Waals surface area (Å²) in [6, 6.07) is -1.09. The van der Waals surface area contributed by atoms with E-state index in [2.05, 4.69) is 29.5 Å². The van der Waals surface area contributed by atoms with Gasteiger partial charge in [0, 0.05) is 12.6 Å². The highest BCUT2D eigenvalue weighted by Gasteiger charge is 2.27. The summed E-state index contributed by atoms with van der Waals surface area (Å²) < 4.78 is 0. The molecule has 2 amide bonds. The van der Waals surface area contributed by atoms with Gasteiger partial charge in [-0.05, 0) is 38.3 Å². The third-order valence-corrected chi connectivity index (χ3v) is 3.74. The molecule has 3 N–H and O–H groups in total. The number of amides is 2. The van der Waals surface area contributed by atoms with Crippen molar-refractivity contribution in [2.45, 2.75) is 45.7 Å². The number of nitrogens with one attached hydrogen (secondary N) is 2. The van der Waals surface area contributed by atoms with Crippen molar-refractivity contribution in [3.63, 3.8) is 0 Å². The summed E-state index contributed by atoms with van der Waals surface area (Å²) in [5, 5.41) is 14.6. The molecule has 0 spiro atoms. The van der Waals surface area contributed by atoms with Gasteiger partial charge in [-0.15, -0.1) is 0 Å². The van der Waals surface area contributed by atoms with Gasteiger partial charge in [0.2, 0.25) is 0 Å². The van der Waals surface area contributed by atoms with Gasteiger partial charge in [0.05, 0.1) is 0 Å². The highest BCUT2D eigenvalue weighted by atomic mass is 16.4. The Balaban J connectivity index is 2.47. The summed E-state index contributed by atoms with van der Waals surface area (Å²) in [6.07, 6.45) is 1.33. The predicted molar refractivity (Wildman–Crippen MR) is 77.6 cm³/mol. The van der Waals surface area contributed by atoms with Gasteiger partial charge in [0.25, 0.3) is 0 Å². The molecule has 1 aliphatic heterocycles. The summed E-state index contributed by atoms with van der Waals surface area (Å²) in [6.45, 7) is 7.87. The van der Waals surface area contributed by atoms with Crippen molar-refractivity contribution in [3.05, 3.63) is 0 Å². The number of rotatable bonds is 5. The van der Waals surface area contributed by atoms with Crippen LogP contribution in [-0.4, -0.2) is 54.2 Å². The van der Waals surface area contributed by atoms with Crippen LogP contribution in [0.25, 0.3) is 0 Å². The number of carbonyl (C=O) groups is 2. The largest absolute Gasteiger partial charge is 0.480 e. The van der Waals surface area contributed by atoms with Crippen LogP contribution < -0.4 is 10.6 Å². The van der Waals surface area contributed by atoms with Crippen LogP contribution in [0, 0.1) is 11.8 Å². The second kappa shape index (κ2) is 7.47. The summed E-state index contributed by atoms with van der Waals surface area (Å²) in [7, 11) is 2.07. The molecule has 1 aliphatic rings. The van der Waals surface area contributed by atoms with Crippen molar-refractivity contribution in [1.29, 1.82) is 0 Å². The highest BCUT2D eigenvalue weighted by Crippen LogP contribution is 2.15. The molecule has 0 saturated carbocycles. The van der Waals surface area contributed by atoms with Gasteiger partial charge in [0.1, 0.15) is 6.04 Å². The van der Waals surface area contributed by atoms with Crippen molar-refractivity contribution in [3.8, 4) is 0 Å². The van der Waals surface area contributed by atoms with Crippen molar-refractivity contribution in [1.82, 2.24) is 15.5 Å². The lowest BCUT2D eigenvalue weighted by Crippen LogP contribution is -2.54. The van der Waals surface area contributed by atoms with Crippen LogP contribution in [0.5, 0.6) is 0 Å². The monoisotopic (exact) mass is 285 g/mol. The fraction of sp³-hybridized carbons (Fsp3) is 0.857. The quantitative estimate of drug-likeness (QED) is 0.707. The highest BCUT2D eigenvalue weighted by molar-refractivity contribution is 5.82. The average Bonchev–Trinajstić information content (AvgIpc) is 2.31. The van der Waals surface area contributed by atoms with E-state index in [1.54, 1.807) is 0 Å². The Labute approximate surface area is 120 Å². The van der Waals surface area contributed by atoms with Crippen LogP contribution >= 0.6 is 0 Å².